The van der Waals surface area contributed by atoms with Gasteiger partial charge in [0.25, 0.3) is 0 Å². The molecule has 138 valence electrons. The first-order valence-electron chi connectivity index (χ1n) is 8.27. The Labute approximate surface area is 159 Å². The molecule has 23 heavy (non-hydrogen) atoms. The summed E-state index contributed by atoms with van der Waals surface area (Å²) in [6.07, 6.45) is 0.474. The largest absolute Gasteiger partial charge is 0.357 e. The second kappa shape index (κ2) is 13.8. The molecule has 0 bridgehead atoms. The first kappa shape index (κ1) is 24.7. The van der Waals surface area contributed by atoms with Crippen LogP contribution in [0.15, 0.2) is 4.99 Å². The second-order valence-corrected chi connectivity index (χ2v) is 6.15. The summed E-state index contributed by atoms with van der Waals surface area (Å²) in [6, 6.07) is 1.03. The third kappa shape index (κ3) is 11.6. The van der Waals surface area contributed by atoms with Gasteiger partial charge in [-0.25, -0.2) is 0 Å². The number of carbonyl (C=O) groups is 1. The number of guanidine groups is 1. The molecular weight excluding hydrogens is 405 g/mol. The van der Waals surface area contributed by atoms with Gasteiger partial charge in [0.15, 0.2) is 5.96 Å². The van der Waals surface area contributed by atoms with Crippen LogP contribution in [0.1, 0.15) is 41.0 Å². The average Bonchev–Trinajstić information content (AvgIpc) is 2.42. The predicted octanol–water partition coefficient (Wildman–Crippen LogP) is 1.76. The van der Waals surface area contributed by atoms with Gasteiger partial charge in [0.05, 0.1) is 6.54 Å². The van der Waals surface area contributed by atoms with Crippen LogP contribution in [0.4, 0.5) is 0 Å². The highest BCUT2D eigenvalue weighted by Crippen LogP contribution is 2.03. The second-order valence-electron chi connectivity index (χ2n) is 6.15. The number of aliphatic imine (C=N–C) groups is 1. The number of halogens is 1. The summed E-state index contributed by atoms with van der Waals surface area (Å²) in [4.78, 5) is 20.2. The molecule has 0 spiro atoms. The molecule has 0 aliphatic heterocycles. The lowest BCUT2D eigenvalue weighted by molar-refractivity contribution is -0.128. The molecule has 0 heterocycles. The van der Waals surface area contributed by atoms with Crippen molar-refractivity contribution >= 4 is 35.8 Å². The number of nitrogens with zero attached hydrogens (tertiary/aromatic N) is 3. The summed E-state index contributed by atoms with van der Waals surface area (Å²) in [7, 11) is 3.54. The molecule has 2 N–H and O–H groups in total. The lowest BCUT2D eigenvalue weighted by Gasteiger charge is -2.29. The first-order valence-corrected chi connectivity index (χ1v) is 8.27. The van der Waals surface area contributed by atoms with Gasteiger partial charge < -0.3 is 15.5 Å². The van der Waals surface area contributed by atoms with Crippen LogP contribution in [0.5, 0.6) is 0 Å². The lowest BCUT2D eigenvalue weighted by Crippen LogP contribution is -2.41. The van der Waals surface area contributed by atoms with E-state index in [1.54, 1.807) is 19.0 Å². The number of amides is 1. The molecule has 1 amide bonds. The summed E-state index contributed by atoms with van der Waals surface area (Å²) in [6.45, 7) is 14.0. The van der Waals surface area contributed by atoms with Crippen molar-refractivity contribution in [2.24, 2.45) is 4.99 Å². The van der Waals surface area contributed by atoms with E-state index in [1.165, 1.54) is 0 Å². The monoisotopic (exact) mass is 441 g/mol. The Bertz CT molecular complexity index is 337. The molecule has 0 saturated heterocycles. The molecule has 0 aliphatic carbocycles. The molecule has 0 aromatic heterocycles. The Hall–Kier alpha value is -0.570. The number of rotatable bonds is 9. The van der Waals surface area contributed by atoms with Gasteiger partial charge >= 0.3 is 0 Å². The molecule has 0 aromatic rings. The highest BCUT2D eigenvalue weighted by Gasteiger charge is 2.12. The van der Waals surface area contributed by atoms with Gasteiger partial charge in [-0.15, -0.1) is 24.0 Å². The fourth-order valence-electron chi connectivity index (χ4n) is 2.24. The number of nitrogens with one attached hydrogen (secondary N) is 2. The summed E-state index contributed by atoms with van der Waals surface area (Å²) in [5.41, 5.74) is 0. The van der Waals surface area contributed by atoms with E-state index >= 15 is 0 Å². The smallest absolute Gasteiger partial charge is 0.223 e. The van der Waals surface area contributed by atoms with Crippen LogP contribution < -0.4 is 10.6 Å². The zero-order valence-electron chi connectivity index (χ0n) is 15.8. The third-order valence-electron chi connectivity index (χ3n) is 3.43. The molecule has 6 nitrogen and oxygen atoms in total. The van der Waals surface area contributed by atoms with E-state index < -0.39 is 0 Å². The van der Waals surface area contributed by atoms with Crippen LogP contribution in [0.25, 0.3) is 0 Å². The molecule has 0 atom stereocenters. The molecule has 0 radical (unpaired) electrons. The van der Waals surface area contributed by atoms with Crippen LogP contribution in [-0.2, 0) is 4.79 Å². The third-order valence-corrected chi connectivity index (χ3v) is 3.43. The quantitative estimate of drug-likeness (QED) is 0.325. The Morgan fingerprint density at radius 3 is 2.09 bits per heavy atom. The number of hydrogen-bond acceptors (Lipinski definition) is 3. The van der Waals surface area contributed by atoms with Crippen LogP contribution >= 0.6 is 24.0 Å². The van der Waals surface area contributed by atoms with Gasteiger partial charge in [-0.3, -0.25) is 14.7 Å². The minimum absolute atomic E-state index is 0. The summed E-state index contributed by atoms with van der Waals surface area (Å²) < 4.78 is 0. The van der Waals surface area contributed by atoms with Crippen molar-refractivity contribution in [2.45, 2.75) is 53.1 Å². The Morgan fingerprint density at radius 1 is 1.09 bits per heavy atom. The maximum atomic E-state index is 11.6. The zero-order chi connectivity index (χ0) is 17.1. The van der Waals surface area contributed by atoms with E-state index in [-0.39, 0.29) is 29.9 Å². The Morgan fingerprint density at radius 2 is 1.65 bits per heavy atom. The summed E-state index contributed by atoms with van der Waals surface area (Å²) in [5.74, 6) is 0.899. The standard InChI is InChI=1S/C16H35N5O.HI/c1-8-17-16(18-10-9-15(22)20(6)7)19-11-12-21(13(2)3)14(4)5;/h13-14H,8-12H2,1-7H3,(H2,17,18,19);1H. The van der Waals surface area contributed by atoms with E-state index in [9.17, 15) is 4.79 Å². The van der Waals surface area contributed by atoms with Crippen molar-refractivity contribution in [3.05, 3.63) is 0 Å². The number of hydrogen-bond donors (Lipinski definition) is 2. The maximum absolute atomic E-state index is 11.6. The van der Waals surface area contributed by atoms with Crippen molar-refractivity contribution in [1.82, 2.24) is 20.4 Å². The predicted molar refractivity (Wildman–Crippen MR) is 110 cm³/mol. The van der Waals surface area contributed by atoms with E-state index in [4.69, 9.17) is 0 Å². The van der Waals surface area contributed by atoms with Crippen LogP contribution in [-0.4, -0.2) is 74.0 Å². The normalized spacial score (nSPS) is 11.7. The fraction of sp³-hybridized carbons (Fsp3) is 0.875. The van der Waals surface area contributed by atoms with Crippen LogP contribution in [0.3, 0.4) is 0 Å². The first-order chi connectivity index (χ1) is 10.3. The lowest BCUT2D eigenvalue weighted by atomic mass is 10.2. The van der Waals surface area contributed by atoms with E-state index in [0.29, 0.717) is 25.0 Å². The van der Waals surface area contributed by atoms with Gasteiger partial charge in [0.1, 0.15) is 0 Å². The van der Waals surface area contributed by atoms with E-state index in [2.05, 4.69) is 48.2 Å². The van der Waals surface area contributed by atoms with Crippen molar-refractivity contribution in [3.63, 3.8) is 0 Å². The Balaban J connectivity index is 0. The summed E-state index contributed by atoms with van der Waals surface area (Å²) in [5, 5.41) is 6.42. The minimum Gasteiger partial charge on any atom is -0.357 e. The van der Waals surface area contributed by atoms with Crippen molar-refractivity contribution in [3.8, 4) is 0 Å². The molecule has 0 aromatic carbocycles. The molecule has 0 rings (SSSR count). The van der Waals surface area contributed by atoms with Crippen molar-refractivity contribution in [1.29, 1.82) is 0 Å². The van der Waals surface area contributed by atoms with Gasteiger partial charge in [-0.1, -0.05) is 0 Å². The van der Waals surface area contributed by atoms with Gasteiger partial charge in [0, 0.05) is 52.2 Å². The molecule has 0 saturated carbocycles. The Kier molecular flexibility index (Phi) is 14.8. The fourth-order valence-corrected chi connectivity index (χ4v) is 2.24. The SMILES string of the molecule is CCNC(=NCCN(C(C)C)C(C)C)NCCC(=O)N(C)C.I. The number of carbonyl (C=O) groups excluding carboxylic acids is 1. The molecule has 0 aliphatic rings. The maximum Gasteiger partial charge on any atom is 0.223 e. The van der Waals surface area contributed by atoms with Crippen LogP contribution in [0, 0.1) is 0 Å². The van der Waals surface area contributed by atoms with Gasteiger partial charge in [-0.2, -0.15) is 0 Å². The zero-order valence-corrected chi connectivity index (χ0v) is 18.2. The van der Waals surface area contributed by atoms with Crippen LogP contribution in [0.2, 0.25) is 0 Å². The molecule has 0 fully saturated rings. The average molecular weight is 441 g/mol. The van der Waals surface area contributed by atoms with Crippen molar-refractivity contribution < 1.29 is 4.79 Å². The van der Waals surface area contributed by atoms with Crippen molar-refractivity contribution in [2.75, 3.05) is 40.3 Å². The highest BCUT2D eigenvalue weighted by molar-refractivity contribution is 14.0. The topological polar surface area (TPSA) is 60.0 Å². The highest BCUT2D eigenvalue weighted by atomic mass is 127. The van der Waals surface area contributed by atoms with E-state index in [1.807, 2.05) is 6.92 Å². The molecule has 7 heteroatoms. The van der Waals surface area contributed by atoms with E-state index in [0.717, 1.165) is 25.6 Å². The minimum atomic E-state index is 0. The van der Waals surface area contributed by atoms with Gasteiger partial charge in [-0.05, 0) is 34.6 Å². The van der Waals surface area contributed by atoms with Gasteiger partial charge in [0.2, 0.25) is 5.91 Å². The summed E-state index contributed by atoms with van der Waals surface area (Å²) >= 11 is 0. The molecule has 0 unspecified atom stereocenters. The molecular formula is C16H36IN5O.